The Bertz CT molecular complexity index is 1220. The molecule has 1 aliphatic heterocycles. The molecule has 0 saturated carbocycles. The standard InChI is InChI=1S/C28H25NO4Si/c1-30-23-17-13-21(14-18-23)27-28(22-15-19-24(31-2)20-16-22)32-34(33-29-27,25-9-5-3-6-10-25)26-11-7-4-8-12-26/h3-20,28H,1-2H3. The van der Waals surface area contributed by atoms with Crippen LogP contribution in [0.4, 0.5) is 0 Å². The Morgan fingerprint density at radius 3 is 1.65 bits per heavy atom. The molecular weight excluding hydrogens is 442 g/mol. The van der Waals surface area contributed by atoms with Gasteiger partial charge in [-0.05, 0) is 42.0 Å². The molecule has 0 amide bonds. The summed E-state index contributed by atoms with van der Waals surface area (Å²) < 4.78 is 24.2. The number of hydrogen-bond donors (Lipinski definition) is 0. The molecular formula is C28H25NO4Si. The van der Waals surface area contributed by atoms with Crippen LogP contribution < -0.4 is 19.8 Å². The summed E-state index contributed by atoms with van der Waals surface area (Å²) in [5.74, 6) is 1.56. The molecule has 0 bridgehead atoms. The van der Waals surface area contributed by atoms with E-state index in [2.05, 4.69) is 24.3 Å². The average molecular weight is 468 g/mol. The van der Waals surface area contributed by atoms with Crippen molar-refractivity contribution in [3.8, 4) is 11.5 Å². The fraction of sp³-hybridized carbons (Fsp3) is 0.107. The monoisotopic (exact) mass is 467 g/mol. The Hall–Kier alpha value is -3.87. The molecule has 0 radical (unpaired) electrons. The third-order valence-electron chi connectivity index (χ3n) is 5.92. The number of hydrogen-bond acceptors (Lipinski definition) is 5. The molecule has 0 N–H and O–H groups in total. The highest BCUT2D eigenvalue weighted by molar-refractivity contribution is 6.92. The fourth-order valence-electron chi connectivity index (χ4n) is 4.10. The van der Waals surface area contributed by atoms with Gasteiger partial charge >= 0.3 is 8.56 Å². The van der Waals surface area contributed by atoms with Crippen LogP contribution in [0.25, 0.3) is 0 Å². The number of methoxy groups -OCH3 is 2. The number of oxime groups is 1. The molecule has 6 heteroatoms. The van der Waals surface area contributed by atoms with Gasteiger partial charge in [-0.15, -0.1) is 0 Å². The predicted molar refractivity (Wildman–Crippen MR) is 135 cm³/mol. The third-order valence-corrected chi connectivity index (χ3v) is 9.02. The van der Waals surface area contributed by atoms with Crippen molar-refractivity contribution in [2.24, 2.45) is 5.16 Å². The zero-order valence-electron chi connectivity index (χ0n) is 19.0. The van der Waals surface area contributed by atoms with Gasteiger partial charge in [0.05, 0.1) is 14.2 Å². The molecule has 34 heavy (non-hydrogen) atoms. The Morgan fingerprint density at radius 2 is 1.15 bits per heavy atom. The zero-order chi connectivity index (χ0) is 23.4. The van der Waals surface area contributed by atoms with Crippen LogP contribution in [0.3, 0.4) is 0 Å². The molecule has 5 rings (SSSR count). The quantitative estimate of drug-likeness (QED) is 0.393. The van der Waals surface area contributed by atoms with Crippen LogP contribution in [0, 0.1) is 0 Å². The summed E-state index contributed by atoms with van der Waals surface area (Å²) in [4.78, 5) is 0. The second kappa shape index (κ2) is 9.55. The minimum atomic E-state index is -3.14. The van der Waals surface area contributed by atoms with Gasteiger partial charge in [0.2, 0.25) is 0 Å². The number of ether oxygens (including phenoxy) is 2. The Morgan fingerprint density at radius 1 is 0.647 bits per heavy atom. The van der Waals surface area contributed by atoms with E-state index >= 15 is 0 Å². The number of rotatable bonds is 6. The van der Waals surface area contributed by atoms with E-state index in [0.717, 1.165) is 33.0 Å². The van der Waals surface area contributed by atoms with Crippen molar-refractivity contribution in [3.63, 3.8) is 0 Å². The second-order valence-electron chi connectivity index (χ2n) is 7.92. The first-order valence-electron chi connectivity index (χ1n) is 11.1. The van der Waals surface area contributed by atoms with Crippen LogP contribution in [0.15, 0.2) is 114 Å². The highest BCUT2D eigenvalue weighted by Gasteiger charge is 2.51. The largest absolute Gasteiger partial charge is 0.497 e. The van der Waals surface area contributed by atoms with E-state index in [1.807, 2.05) is 84.9 Å². The summed E-state index contributed by atoms with van der Waals surface area (Å²) in [6.07, 6.45) is -0.430. The van der Waals surface area contributed by atoms with Crippen LogP contribution in [-0.2, 0) is 8.95 Å². The summed E-state index contributed by atoms with van der Waals surface area (Å²) in [6.45, 7) is 0. The molecule has 170 valence electrons. The molecule has 0 spiro atoms. The van der Waals surface area contributed by atoms with Gasteiger partial charge in [-0.2, -0.15) is 0 Å². The highest BCUT2D eigenvalue weighted by atomic mass is 28.4. The molecule has 0 aliphatic carbocycles. The van der Waals surface area contributed by atoms with E-state index < -0.39 is 14.7 Å². The average Bonchev–Trinajstić information content (AvgIpc) is 2.94. The lowest BCUT2D eigenvalue weighted by Crippen LogP contribution is -2.65. The number of benzene rings is 4. The lowest BCUT2D eigenvalue weighted by atomic mass is 9.99. The summed E-state index contributed by atoms with van der Waals surface area (Å²) >= 11 is 0. The van der Waals surface area contributed by atoms with Crippen molar-refractivity contribution in [2.45, 2.75) is 6.10 Å². The van der Waals surface area contributed by atoms with Crippen molar-refractivity contribution in [2.75, 3.05) is 14.2 Å². The summed E-state index contributed by atoms with van der Waals surface area (Å²) in [5.41, 5.74) is 2.59. The Balaban J connectivity index is 1.67. The molecule has 1 aliphatic rings. The third kappa shape index (κ3) is 4.09. The summed E-state index contributed by atoms with van der Waals surface area (Å²) in [6, 6.07) is 35.9. The molecule has 0 saturated heterocycles. The van der Waals surface area contributed by atoms with E-state index in [-0.39, 0.29) is 0 Å². The molecule has 1 atom stereocenters. The van der Waals surface area contributed by atoms with Gasteiger partial charge in [0.25, 0.3) is 0 Å². The van der Waals surface area contributed by atoms with Crippen molar-refractivity contribution < 1.29 is 18.4 Å². The van der Waals surface area contributed by atoms with Crippen molar-refractivity contribution >= 4 is 24.6 Å². The minimum absolute atomic E-state index is 0.430. The van der Waals surface area contributed by atoms with Gasteiger partial charge in [0, 0.05) is 15.9 Å². The maximum Gasteiger partial charge on any atom is 0.494 e. The summed E-state index contributed by atoms with van der Waals surface area (Å²) in [7, 11) is 0.173. The smallest absolute Gasteiger partial charge is 0.494 e. The van der Waals surface area contributed by atoms with E-state index in [4.69, 9.17) is 23.6 Å². The van der Waals surface area contributed by atoms with Gasteiger partial charge in [0.15, 0.2) is 0 Å². The predicted octanol–water partition coefficient (Wildman–Crippen LogP) is 4.45. The van der Waals surface area contributed by atoms with Gasteiger partial charge in [-0.1, -0.05) is 78.0 Å². The van der Waals surface area contributed by atoms with Crippen LogP contribution in [0.5, 0.6) is 11.5 Å². The lowest BCUT2D eigenvalue weighted by Gasteiger charge is -2.37. The molecule has 4 aromatic carbocycles. The normalized spacial score (nSPS) is 16.8. The fourth-order valence-corrected chi connectivity index (χ4v) is 7.03. The highest BCUT2D eigenvalue weighted by Crippen LogP contribution is 2.33. The Labute approximate surface area is 200 Å². The SMILES string of the molecule is COc1ccc(C2=NO[Si](c3ccccc3)(c3ccccc3)OC2c2ccc(OC)cc2)cc1. The van der Waals surface area contributed by atoms with E-state index in [0.29, 0.717) is 5.71 Å². The lowest BCUT2D eigenvalue weighted by molar-refractivity contribution is 0.146. The van der Waals surface area contributed by atoms with E-state index in [1.54, 1.807) is 14.2 Å². The van der Waals surface area contributed by atoms with Crippen molar-refractivity contribution in [3.05, 3.63) is 120 Å². The summed E-state index contributed by atoms with van der Waals surface area (Å²) in [5, 5.41) is 6.74. The zero-order valence-corrected chi connectivity index (χ0v) is 20.0. The van der Waals surface area contributed by atoms with Crippen LogP contribution in [-0.4, -0.2) is 28.5 Å². The van der Waals surface area contributed by atoms with Gasteiger partial charge in [-0.25, -0.2) is 0 Å². The molecule has 1 unspecified atom stereocenters. The number of nitrogens with zero attached hydrogens (tertiary/aromatic N) is 1. The minimum Gasteiger partial charge on any atom is -0.497 e. The van der Waals surface area contributed by atoms with Gasteiger partial charge in [-0.3, -0.25) is 0 Å². The molecule has 5 nitrogen and oxygen atoms in total. The molecule has 0 fully saturated rings. The Kier molecular flexibility index (Phi) is 6.16. The van der Waals surface area contributed by atoms with Gasteiger partial charge in [0.1, 0.15) is 23.3 Å². The first-order valence-corrected chi connectivity index (χ1v) is 12.9. The molecule has 4 aromatic rings. The molecule has 0 aromatic heterocycles. The first-order chi connectivity index (χ1) is 16.7. The van der Waals surface area contributed by atoms with E-state index in [9.17, 15) is 0 Å². The van der Waals surface area contributed by atoms with Gasteiger partial charge < -0.3 is 18.4 Å². The van der Waals surface area contributed by atoms with E-state index in [1.165, 1.54) is 0 Å². The maximum atomic E-state index is 7.04. The molecule has 1 heterocycles. The van der Waals surface area contributed by atoms with Crippen LogP contribution >= 0.6 is 0 Å². The maximum absolute atomic E-state index is 7.04. The van der Waals surface area contributed by atoms with Crippen molar-refractivity contribution in [1.29, 1.82) is 0 Å². The van der Waals surface area contributed by atoms with Crippen LogP contribution in [0.2, 0.25) is 0 Å². The second-order valence-corrected chi connectivity index (χ2v) is 10.7. The first kappa shape index (κ1) is 21.9. The topological polar surface area (TPSA) is 49.3 Å². The van der Waals surface area contributed by atoms with Crippen LogP contribution in [0.1, 0.15) is 17.2 Å². The van der Waals surface area contributed by atoms with Crippen molar-refractivity contribution in [1.82, 2.24) is 0 Å².